The lowest BCUT2D eigenvalue weighted by Gasteiger charge is -2.12. The third-order valence-corrected chi connectivity index (χ3v) is 6.38. The van der Waals surface area contributed by atoms with Crippen LogP contribution in [-0.2, 0) is 21.2 Å². The molecule has 0 fully saturated rings. The summed E-state index contributed by atoms with van der Waals surface area (Å²) in [5.41, 5.74) is 7.24. The number of carbonyl (C=O) groups excluding carboxylic acids is 2. The van der Waals surface area contributed by atoms with Crippen LogP contribution in [0.3, 0.4) is 0 Å². The first-order chi connectivity index (χ1) is 15.1. The molecule has 0 bridgehead atoms. The molecule has 0 atom stereocenters. The van der Waals surface area contributed by atoms with Crippen LogP contribution >= 0.6 is 11.6 Å². The highest BCUT2D eigenvalue weighted by Gasteiger charge is 2.18. The molecule has 32 heavy (non-hydrogen) atoms. The van der Waals surface area contributed by atoms with Crippen molar-refractivity contribution in [1.82, 2.24) is 10.9 Å². The molecule has 3 aromatic rings. The van der Waals surface area contributed by atoms with Crippen LogP contribution in [0.15, 0.2) is 71.6 Å². The second-order valence-electron chi connectivity index (χ2n) is 7.26. The molecule has 0 unspecified atom stereocenters. The summed E-state index contributed by atoms with van der Waals surface area (Å²) in [6.45, 7) is 3.52. The van der Waals surface area contributed by atoms with E-state index in [1.165, 1.54) is 12.1 Å². The highest BCUT2D eigenvalue weighted by Crippen LogP contribution is 2.21. The SMILES string of the molecule is Cc1ccc(C)c(S(=O)(=O)Nc2cccc(C(=O)NNC(=O)Cc3ccc(Cl)cc3)c2)c1. The number of hydrogen-bond acceptors (Lipinski definition) is 4. The van der Waals surface area contributed by atoms with Gasteiger partial charge < -0.3 is 0 Å². The summed E-state index contributed by atoms with van der Waals surface area (Å²) in [4.78, 5) is 24.6. The van der Waals surface area contributed by atoms with Gasteiger partial charge in [0.25, 0.3) is 15.9 Å². The second kappa shape index (κ2) is 9.84. The van der Waals surface area contributed by atoms with Gasteiger partial charge in [-0.3, -0.25) is 25.2 Å². The zero-order valence-electron chi connectivity index (χ0n) is 17.5. The largest absolute Gasteiger partial charge is 0.280 e. The van der Waals surface area contributed by atoms with Crippen LogP contribution in [-0.4, -0.2) is 20.2 Å². The molecule has 0 saturated carbocycles. The molecule has 0 aliphatic rings. The van der Waals surface area contributed by atoms with Crippen LogP contribution in [0.4, 0.5) is 5.69 Å². The number of sulfonamides is 1. The first-order valence-corrected chi connectivity index (χ1v) is 11.5. The number of hydrogen-bond donors (Lipinski definition) is 3. The first-order valence-electron chi connectivity index (χ1n) is 9.68. The molecule has 7 nitrogen and oxygen atoms in total. The molecule has 0 heterocycles. The van der Waals surface area contributed by atoms with E-state index in [0.29, 0.717) is 10.6 Å². The van der Waals surface area contributed by atoms with E-state index in [1.54, 1.807) is 55.5 Å². The van der Waals surface area contributed by atoms with Crippen molar-refractivity contribution >= 4 is 39.1 Å². The van der Waals surface area contributed by atoms with Crippen LogP contribution < -0.4 is 15.6 Å². The highest BCUT2D eigenvalue weighted by molar-refractivity contribution is 7.92. The maximum atomic E-state index is 12.8. The van der Waals surface area contributed by atoms with Crippen molar-refractivity contribution in [2.45, 2.75) is 25.2 Å². The van der Waals surface area contributed by atoms with Crippen LogP contribution in [0, 0.1) is 13.8 Å². The Labute approximate surface area is 191 Å². The normalized spacial score (nSPS) is 11.0. The molecule has 9 heteroatoms. The Morgan fingerprint density at radius 2 is 1.62 bits per heavy atom. The fourth-order valence-corrected chi connectivity index (χ4v) is 4.47. The molecule has 3 rings (SSSR count). The van der Waals surface area contributed by atoms with E-state index in [2.05, 4.69) is 15.6 Å². The minimum Gasteiger partial charge on any atom is -0.280 e. The molecule has 0 radical (unpaired) electrons. The molecule has 0 spiro atoms. The van der Waals surface area contributed by atoms with Crippen molar-refractivity contribution in [3.8, 4) is 0 Å². The average molecular weight is 472 g/mol. The van der Waals surface area contributed by atoms with Gasteiger partial charge in [-0.05, 0) is 66.9 Å². The summed E-state index contributed by atoms with van der Waals surface area (Å²) in [5, 5.41) is 0.565. The number of anilines is 1. The van der Waals surface area contributed by atoms with E-state index in [0.717, 1.165) is 11.1 Å². The maximum Gasteiger partial charge on any atom is 0.269 e. The number of nitrogens with one attached hydrogen (secondary N) is 3. The predicted molar refractivity (Wildman–Crippen MR) is 124 cm³/mol. The highest BCUT2D eigenvalue weighted by atomic mass is 35.5. The molecule has 0 saturated heterocycles. The Morgan fingerprint density at radius 3 is 2.34 bits per heavy atom. The molecule has 3 N–H and O–H groups in total. The lowest BCUT2D eigenvalue weighted by molar-refractivity contribution is -0.121. The Kier molecular flexibility index (Phi) is 7.17. The molecular weight excluding hydrogens is 450 g/mol. The van der Waals surface area contributed by atoms with Gasteiger partial charge in [-0.1, -0.05) is 41.9 Å². The Hall–Kier alpha value is -3.36. The molecule has 0 aliphatic carbocycles. The summed E-state index contributed by atoms with van der Waals surface area (Å²) in [5.74, 6) is -0.991. The third kappa shape index (κ3) is 6.09. The number of rotatable bonds is 6. The van der Waals surface area contributed by atoms with Crippen LogP contribution in [0.25, 0.3) is 0 Å². The van der Waals surface area contributed by atoms with E-state index in [9.17, 15) is 18.0 Å². The molecular formula is C23H22ClN3O4S. The third-order valence-electron chi connectivity index (χ3n) is 4.60. The van der Waals surface area contributed by atoms with Crippen molar-refractivity contribution in [1.29, 1.82) is 0 Å². The zero-order valence-corrected chi connectivity index (χ0v) is 19.0. The zero-order chi connectivity index (χ0) is 23.3. The fourth-order valence-electron chi connectivity index (χ4n) is 2.96. The van der Waals surface area contributed by atoms with Gasteiger partial charge in [-0.2, -0.15) is 0 Å². The lowest BCUT2D eigenvalue weighted by atomic mass is 10.1. The van der Waals surface area contributed by atoms with E-state index in [1.807, 2.05) is 13.0 Å². The van der Waals surface area contributed by atoms with E-state index in [-0.39, 0.29) is 22.6 Å². The standard InChI is InChI=1S/C23H22ClN3O4S/c1-15-6-7-16(2)21(12-15)32(30,31)27-20-5-3-4-18(14-20)23(29)26-25-22(28)13-17-8-10-19(24)11-9-17/h3-12,14,27H,13H2,1-2H3,(H,25,28)(H,26,29). The summed E-state index contributed by atoms with van der Waals surface area (Å²) in [7, 11) is -3.83. The number of halogens is 1. The first kappa shape index (κ1) is 23.3. The minimum atomic E-state index is -3.83. The molecule has 166 valence electrons. The second-order valence-corrected chi connectivity index (χ2v) is 9.35. The number of hydrazine groups is 1. The van der Waals surface area contributed by atoms with Gasteiger partial charge >= 0.3 is 0 Å². The fraction of sp³-hybridized carbons (Fsp3) is 0.130. The number of amides is 2. The summed E-state index contributed by atoms with van der Waals surface area (Å²) in [6.07, 6.45) is 0.0626. The number of aryl methyl sites for hydroxylation is 2. The van der Waals surface area contributed by atoms with Crippen molar-refractivity contribution in [2.75, 3.05) is 4.72 Å². The van der Waals surface area contributed by atoms with Crippen molar-refractivity contribution < 1.29 is 18.0 Å². The van der Waals surface area contributed by atoms with Crippen molar-refractivity contribution in [2.24, 2.45) is 0 Å². The summed E-state index contributed by atoms with van der Waals surface area (Å²) >= 11 is 5.82. The average Bonchev–Trinajstić information content (AvgIpc) is 2.75. The van der Waals surface area contributed by atoms with E-state index < -0.39 is 21.8 Å². The predicted octanol–water partition coefficient (Wildman–Crippen LogP) is 3.76. The monoisotopic (exact) mass is 471 g/mol. The Balaban J connectivity index is 1.64. The number of benzene rings is 3. The van der Waals surface area contributed by atoms with Gasteiger partial charge in [-0.25, -0.2) is 8.42 Å². The van der Waals surface area contributed by atoms with Crippen LogP contribution in [0.1, 0.15) is 27.0 Å². The summed E-state index contributed by atoms with van der Waals surface area (Å²) < 4.78 is 28.1. The van der Waals surface area contributed by atoms with Gasteiger partial charge in [-0.15, -0.1) is 0 Å². The molecule has 0 aromatic heterocycles. The quantitative estimate of drug-likeness (QED) is 0.476. The summed E-state index contributed by atoms with van der Waals surface area (Å²) in [6, 6.07) is 17.9. The Morgan fingerprint density at radius 1 is 0.906 bits per heavy atom. The van der Waals surface area contributed by atoms with Gasteiger partial charge in [0.05, 0.1) is 11.3 Å². The van der Waals surface area contributed by atoms with E-state index in [4.69, 9.17) is 11.6 Å². The Bertz CT molecular complexity index is 1260. The maximum absolute atomic E-state index is 12.8. The van der Waals surface area contributed by atoms with Crippen molar-refractivity contribution in [3.63, 3.8) is 0 Å². The van der Waals surface area contributed by atoms with Gasteiger partial charge in [0.2, 0.25) is 5.91 Å². The molecule has 2 amide bonds. The van der Waals surface area contributed by atoms with Crippen molar-refractivity contribution in [3.05, 3.63) is 94.0 Å². The lowest BCUT2D eigenvalue weighted by Crippen LogP contribution is -2.42. The minimum absolute atomic E-state index is 0.0626. The van der Waals surface area contributed by atoms with Gasteiger partial charge in [0.1, 0.15) is 0 Å². The number of carbonyl (C=O) groups is 2. The smallest absolute Gasteiger partial charge is 0.269 e. The molecule has 3 aromatic carbocycles. The van der Waals surface area contributed by atoms with Gasteiger partial charge in [0, 0.05) is 16.3 Å². The van der Waals surface area contributed by atoms with Crippen LogP contribution in [0.5, 0.6) is 0 Å². The van der Waals surface area contributed by atoms with Gasteiger partial charge in [0.15, 0.2) is 0 Å². The van der Waals surface area contributed by atoms with E-state index >= 15 is 0 Å². The molecule has 0 aliphatic heterocycles. The van der Waals surface area contributed by atoms with Crippen LogP contribution in [0.2, 0.25) is 5.02 Å². The topological polar surface area (TPSA) is 104 Å².